The standard InChI is InChI=1S/C9H9BrN4O/c1-14-8(12-6-13-14)5-15-7-3-2-4-11-9(7)10/h2-4,6H,5H2,1H3. The van der Waals surface area contributed by atoms with Gasteiger partial charge < -0.3 is 4.74 Å². The van der Waals surface area contributed by atoms with E-state index in [1.54, 1.807) is 10.9 Å². The topological polar surface area (TPSA) is 52.8 Å². The second-order valence-corrected chi connectivity index (χ2v) is 3.63. The normalized spacial score (nSPS) is 10.3. The molecule has 78 valence electrons. The highest BCUT2D eigenvalue weighted by molar-refractivity contribution is 9.10. The summed E-state index contributed by atoms with van der Waals surface area (Å²) in [6.45, 7) is 0.376. The Hall–Kier alpha value is -1.43. The lowest BCUT2D eigenvalue weighted by Crippen LogP contribution is -2.04. The Morgan fingerprint density at radius 1 is 1.47 bits per heavy atom. The van der Waals surface area contributed by atoms with Gasteiger partial charge in [-0.3, -0.25) is 4.68 Å². The Labute approximate surface area is 95.2 Å². The molecule has 6 heteroatoms. The van der Waals surface area contributed by atoms with Gasteiger partial charge in [-0.2, -0.15) is 5.10 Å². The molecule has 0 fully saturated rings. The number of hydrogen-bond acceptors (Lipinski definition) is 4. The van der Waals surface area contributed by atoms with Crippen LogP contribution in [0.25, 0.3) is 0 Å². The first-order valence-electron chi connectivity index (χ1n) is 4.33. The SMILES string of the molecule is Cn1ncnc1COc1cccnc1Br. The van der Waals surface area contributed by atoms with Crippen LogP contribution in [0.15, 0.2) is 29.3 Å². The predicted octanol–water partition coefficient (Wildman–Crippen LogP) is 1.55. The highest BCUT2D eigenvalue weighted by Crippen LogP contribution is 2.21. The van der Waals surface area contributed by atoms with Gasteiger partial charge in [0.1, 0.15) is 17.5 Å². The monoisotopic (exact) mass is 268 g/mol. The summed E-state index contributed by atoms with van der Waals surface area (Å²) in [6.07, 6.45) is 3.19. The molecule has 0 aliphatic heterocycles. The van der Waals surface area contributed by atoms with Crippen molar-refractivity contribution >= 4 is 15.9 Å². The molecule has 0 aromatic carbocycles. The molecule has 0 saturated carbocycles. The average molecular weight is 269 g/mol. The third-order valence-corrected chi connectivity index (χ3v) is 2.48. The Morgan fingerprint density at radius 3 is 3.00 bits per heavy atom. The minimum absolute atomic E-state index is 0.376. The molecule has 15 heavy (non-hydrogen) atoms. The number of nitrogens with zero attached hydrogens (tertiary/aromatic N) is 4. The molecule has 0 aliphatic carbocycles. The van der Waals surface area contributed by atoms with Crippen LogP contribution < -0.4 is 4.74 Å². The third-order valence-electron chi connectivity index (χ3n) is 1.89. The van der Waals surface area contributed by atoms with Crippen LogP contribution in [0.4, 0.5) is 0 Å². The van der Waals surface area contributed by atoms with Gasteiger partial charge in [-0.05, 0) is 28.1 Å². The predicted molar refractivity (Wildman–Crippen MR) is 57.3 cm³/mol. The van der Waals surface area contributed by atoms with E-state index < -0.39 is 0 Å². The summed E-state index contributed by atoms with van der Waals surface area (Å²) in [5, 5.41) is 3.95. The lowest BCUT2D eigenvalue weighted by Gasteiger charge is -2.05. The first-order valence-corrected chi connectivity index (χ1v) is 5.13. The molecule has 0 aliphatic rings. The number of halogens is 1. The zero-order chi connectivity index (χ0) is 10.7. The van der Waals surface area contributed by atoms with E-state index in [9.17, 15) is 0 Å². The van der Waals surface area contributed by atoms with Gasteiger partial charge in [0.15, 0.2) is 11.6 Å². The molecule has 0 radical (unpaired) electrons. The molecule has 0 atom stereocenters. The first kappa shape index (κ1) is 10.1. The van der Waals surface area contributed by atoms with Gasteiger partial charge >= 0.3 is 0 Å². The van der Waals surface area contributed by atoms with Gasteiger partial charge in [0.25, 0.3) is 0 Å². The molecule has 0 saturated heterocycles. The fraction of sp³-hybridized carbons (Fsp3) is 0.222. The highest BCUT2D eigenvalue weighted by atomic mass is 79.9. The lowest BCUT2D eigenvalue weighted by molar-refractivity contribution is 0.286. The molecule has 0 N–H and O–H groups in total. The van der Waals surface area contributed by atoms with E-state index in [2.05, 4.69) is 31.0 Å². The van der Waals surface area contributed by atoms with Crippen molar-refractivity contribution in [2.75, 3.05) is 0 Å². The van der Waals surface area contributed by atoms with Gasteiger partial charge in [0.2, 0.25) is 0 Å². The minimum Gasteiger partial charge on any atom is -0.483 e. The van der Waals surface area contributed by atoms with Crippen molar-refractivity contribution in [2.45, 2.75) is 6.61 Å². The van der Waals surface area contributed by atoms with Crippen LogP contribution >= 0.6 is 15.9 Å². The molecule has 0 spiro atoms. The van der Waals surface area contributed by atoms with Crippen molar-refractivity contribution in [1.82, 2.24) is 19.7 Å². The highest BCUT2D eigenvalue weighted by Gasteiger charge is 2.04. The van der Waals surface area contributed by atoms with E-state index in [0.717, 1.165) is 5.82 Å². The molecule has 0 amide bonds. The van der Waals surface area contributed by atoms with Crippen LogP contribution in [0.3, 0.4) is 0 Å². The van der Waals surface area contributed by atoms with Crippen LogP contribution in [0, 0.1) is 0 Å². The molecule has 5 nitrogen and oxygen atoms in total. The summed E-state index contributed by atoms with van der Waals surface area (Å²) in [5.41, 5.74) is 0. The molecule has 0 bridgehead atoms. The number of rotatable bonds is 3. The zero-order valence-corrected chi connectivity index (χ0v) is 9.68. The summed E-state index contributed by atoms with van der Waals surface area (Å²) in [5.74, 6) is 1.46. The van der Waals surface area contributed by atoms with Gasteiger partial charge in [-0.25, -0.2) is 9.97 Å². The molecule has 2 aromatic rings. The van der Waals surface area contributed by atoms with Gasteiger partial charge in [-0.1, -0.05) is 0 Å². The summed E-state index contributed by atoms with van der Waals surface area (Å²) in [7, 11) is 1.82. The maximum absolute atomic E-state index is 5.53. The fourth-order valence-electron chi connectivity index (χ4n) is 1.07. The van der Waals surface area contributed by atoms with E-state index in [1.807, 2.05) is 19.2 Å². The zero-order valence-electron chi connectivity index (χ0n) is 8.09. The van der Waals surface area contributed by atoms with Crippen LogP contribution in [-0.4, -0.2) is 19.7 Å². The number of pyridine rings is 1. The van der Waals surface area contributed by atoms with Gasteiger partial charge in [0, 0.05) is 13.2 Å². The van der Waals surface area contributed by atoms with Crippen LogP contribution in [0.2, 0.25) is 0 Å². The minimum atomic E-state index is 0.376. The molecule has 2 aromatic heterocycles. The van der Waals surface area contributed by atoms with Gasteiger partial charge in [0.05, 0.1) is 0 Å². The fourth-order valence-corrected chi connectivity index (χ4v) is 1.44. The lowest BCUT2D eigenvalue weighted by atomic mass is 10.5. The average Bonchev–Trinajstić information content (AvgIpc) is 2.63. The Bertz CT molecular complexity index is 457. The van der Waals surface area contributed by atoms with E-state index in [0.29, 0.717) is 17.0 Å². The third kappa shape index (κ3) is 2.33. The van der Waals surface area contributed by atoms with E-state index >= 15 is 0 Å². The second-order valence-electron chi connectivity index (χ2n) is 2.88. The van der Waals surface area contributed by atoms with Crippen LogP contribution in [0.5, 0.6) is 5.75 Å². The van der Waals surface area contributed by atoms with Crippen molar-refractivity contribution in [3.63, 3.8) is 0 Å². The smallest absolute Gasteiger partial charge is 0.164 e. The van der Waals surface area contributed by atoms with Gasteiger partial charge in [-0.15, -0.1) is 0 Å². The largest absolute Gasteiger partial charge is 0.483 e. The van der Waals surface area contributed by atoms with Crippen LogP contribution in [-0.2, 0) is 13.7 Å². The summed E-state index contributed by atoms with van der Waals surface area (Å²) in [4.78, 5) is 8.10. The molecule has 2 heterocycles. The molecule has 2 rings (SSSR count). The Kier molecular flexibility index (Phi) is 2.96. The summed E-state index contributed by atoms with van der Waals surface area (Å²) < 4.78 is 7.89. The number of hydrogen-bond donors (Lipinski definition) is 0. The number of aryl methyl sites for hydroxylation is 1. The van der Waals surface area contributed by atoms with E-state index in [-0.39, 0.29) is 0 Å². The number of aromatic nitrogens is 4. The van der Waals surface area contributed by atoms with Crippen LogP contribution in [0.1, 0.15) is 5.82 Å². The van der Waals surface area contributed by atoms with Crippen molar-refractivity contribution in [2.24, 2.45) is 7.05 Å². The van der Waals surface area contributed by atoms with Crippen molar-refractivity contribution in [3.05, 3.63) is 35.1 Å². The molecular weight excluding hydrogens is 260 g/mol. The maximum Gasteiger partial charge on any atom is 0.164 e. The molecular formula is C9H9BrN4O. The van der Waals surface area contributed by atoms with Crippen molar-refractivity contribution < 1.29 is 4.74 Å². The maximum atomic E-state index is 5.53. The first-order chi connectivity index (χ1) is 7.27. The quantitative estimate of drug-likeness (QED) is 0.793. The second kappa shape index (κ2) is 4.39. The Balaban J connectivity index is 2.06. The summed E-state index contributed by atoms with van der Waals surface area (Å²) >= 11 is 3.30. The van der Waals surface area contributed by atoms with Crippen molar-refractivity contribution in [3.8, 4) is 5.75 Å². The van der Waals surface area contributed by atoms with E-state index in [4.69, 9.17) is 4.74 Å². The van der Waals surface area contributed by atoms with Crippen molar-refractivity contribution in [1.29, 1.82) is 0 Å². The Morgan fingerprint density at radius 2 is 2.33 bits per heavy atom. The number of ether oxygens (including phenoxy) is 1. The molecule has 0 unspecified atom stereocenters. The summed E-state index contributed by atoms with van der Waals surface area (Å²) in [6, 6.07) is 3.66. The van der Waals surface area contributed by atoms with E-state index in [1.165, 1.54) is 6.33 Å².